The average Bonchev–Trinajstić information content (AvgIpc) is 3.87. The maximum absolute atomic E-state index is 13.1. The number of fused-ring (bicyclic) bond motifs is 1. The summed E-state index contributed by atoms with van der Waals surface area (Å²) in [4.78, 5) is 49.4. The van der Waals surface area contributed by atoms with Gasteiger partial charge in [-0.05, 0) is 74.0 Å². The molecule has 4 aliphatic rings. The summed E-state index contributed by atoms with van der Waals surface area (Å²) in [6.45, 7) is 8.57. The van der Waals surface area contributed by atoms with E-state index in [1.54, 1.807) is 4.90 Å². The quantitative estimate of drug-likeness (QED) is 0.0373. The zero-order chi connectivity index (χ0) is 45.1. The summed E-state index contributed by atoms with van der Waals surface area (Å²) in [5.41, 5.74) is 8.20. The van der Waals surface area contributed by atoms with Gasteiger partial charge in [0.1, 0.15) is 30.0 Å². The van der Waals surface area contributed by atoms with E-state index in [0.29, 0.717) is 43.2 Å². The van der Waals surface area contributed by atoms with Crippen LogP contribution >= 0.6 is 11.3 Å². The summed E-state index contributed by atoms with van der Waals surface area (Å²) in [6.07, 6.45) is 9.55. The fourth-order valence-electron chi connectivity index (χ4n) is 9.00. The fraction of sp³-hybridized carbons (Fsp3) is 0.392. The second-order valence-corrected chi connectivity index (χ2v) is 18.2. The Balaban J connectivity index is 0.764. The van der Waals surface area contributed by atoms with E-state index < -0.39 is 11.9 Å². The number of nitrogens with one attached hydrogen (secondary N) is 4. The van der Waals surface area contributed by atoms with Gasteiger partial charge in [-0.15, -0.1) is 11.3 Å². The number of aryl methyl sites for hydroxylation is 1. The van der Waals surface area contributed by atoms with Gasteiger partial charge in [-0.3, -0.25) is 24.6 Å². The van der Waals surface area contributed by atoms with Crippen LogP contribution in [0.1, 0.15) is 94.9 Å². The standard InChI is InChI=1S/C51H60N8O5S/c1-35(52)48(38-13-7-5-8-14-38)49-54-43(30-46(55-49)58-25-23-57(24-26-58)27-28-60)39-15-10-12-36(29-39)11-6-3-2-4-9-22-53-31-37-16-18-40(19-17-37)64-33-45-41-32-59(51(63)42(41)34-65-45)44-20-21-47(61)56-50(44)62/h5,7-8,10,12-19,29-30,34,44,52-53,55,60H,2-4,6,9,11,20-28,31-33H2,1H3,(H,56,61,62)/b49-48+,52-35?. The lowest BCUT2D eigenvalue weighted by atomic mass is 9.99. The Morgan fingerprint density at radius 1 is 0.923 bits per heavy atom. The average molecular weight is 897 g/mol. The lowest BCUT2D eigenvalue weighted by Crippen LogP contribution is -2.52. The molecule has 0 spiro atoms. The molecule has 0 aliphatic carbocycles. The van der Waals surface area contributed by atoms with E-state index in [4.69, 9.17) is 15.1 Å². The van der Waals surface area contributed by atoms with Crippen molar-refractivity contribution < 1.29 is 24.2 Å². The highest BCUT2D eigenvalue weighted by atomic mass is 32.1. The van der Waals surface area contributed by atoms with E-state index in [1.165, 1.54) is 41.7 Å². The number of amides is 3. The van der Waals surface area contributed by atoms with E-state index in [2.05, 4.69) is 68.2 Å². The maximum atomic E-state index is 13.1. The smallest absolute Gasteiger partial charge is 0.256 e. The van der Waals surface area contributed by atoms with E-state index in [-0.39, 0.29) is 24.8 Å². The number of carbonyl (C=O) groups excluding carboxylic acids is 3. The third-order valence-corrected chi connectivity index (χ3v) is 13.6. The minimum Gasteiger partial charge on any atom is -0.488 e. The van der Waals surface area contributed by atoms with Gasteiger partial charge in [-0.1, -0.05) is 79.9 Å². The highest BCUT2D eigenvalue weighted by Gasteiger charge is 2.40. The van der Waals surface area contributed by atoms with Crippen LogP contribution in [0, 0.1) is 5.41 Å². The number of aliphatic hydroxyl groups excluding tert-OH is 1. The Kier molecular flexibility index (Phi) is 15.3. The van der Waals surface area contributed by atoms with Gasteiger partial charge in [0.15, 0.2) is 0 Å². The molecule has 65 heavy (non-hydrogen) atoms. The summed E-state index contributed by atoms with van der Waals surface area (Å²) in [6, 6.07) is 26.3. The molecule has 340 valence electrons. The number of piperazine rings is 1. The normalized spacial score (nSPS) is 18.5. The molecule has 3 amide bonds. The monoisotopic (exact) mass is 896 g/mol. The van der Waals surface area contributed by atoms with Crippen LogP contribution in [-0.4, -0.2) is 101 Å². The van der Waals surface area contributed by atoms with Gasteiger partial charge < -0.3 is 35.7 Å². The molecule has 0 saturated carbocycles. The van der Waals surface area contributed by atoms with Gasteiger partial charge in [0.2, 0.25) is 11.8 Å². The molecule has 13 nitrogen and oxygen atoms in total. The number of β-amino-alcohol motifs (C(OH)–C–C–N with tert-alkyl or cyclic N) is 1. The number of hydrogen-bond donors (Lipinski definition) is 5. The van der Waals surface area contributed by atoms with Crippen LogP contribution < -0.4 is 20.7 Å². The zero-order valence-electron chi connectivity index (χ0n) is 37.2. The van der Waals surface area contributed by atoms with Gasteiger partial charge >= 0.3 is 0 Å². The lowest BCUT2D eigenvalue weighted by Gasteiger charge is -2.38. The first-order chi connectivity index (χ1) is 31.7. The molecule has 0 bridgehead atoms. The number of carbonyl (C=O) groups is 3. The fourth-order valence-corrected chi connectivity index (χ4v) is 9.95. The number of nitrogens with zero attached hydrogens (tertiary/aromatic N) is 4. The molecular weight excluding hydrogens is 837 g/mol. The number of ether oxygens (including phenoxy) is 1. The molecule has 5 heterocycles. The summed E-state index contributed by atoms with van der Waals surface area (Å²) in [5.74, 6) is 1.59. The van der Waals surface area contributed by atoms with Crippen molar-refractivity contribution >= 4 is 46.1 Å². The van der Waals surface area contributed by atoms with E-state index in [1.807, 2.05) is 54.8 Å². The number of piperidine rings is 1. The first-order valence-corrected chi connectivity index (χ1v) is 23.9. The molecular formula is C51H60N8O5S. The van der Waals surface area contributed by atoms with E-state index in [9.17, 15) is 19.5 Å². The van der Waals surface area contributed by atoms with Crippen LogP contribution in [0.3, 0.4) is 0 Å². The number of benzene rings is 3. The summed E-state index contributed by atoms with van der Waals surface area (Å²) >= 11 is 1.50. The Morgan fingerprint density at radius 2 is 1.71 bits per heavy atom. The predicted octanol–water partition coefficient (Wildman–Crippen LogP) is 6.62. The number of rotatable bonds is 20. The lowest BCUT2D eigenvalue weighted by molar-refractivity contribution is -0.136. The van der Waals surface area contributed by atoms with Crippen molar-refractivity contribution in [2.75, 3.05) is 45.9 Å². The Hall–Kier alpha value is -5.93. The number of aliphatic imine (C=N–C) groups is 1. The molecule has 0 radical (unpaired) electrons. The van der Waals surface area contributed by atoms with Gasteiger partial charge in [-0.25, -0.2) is 4.99 Å². The van der Waals surface area contributed by atoms with Crippen molar-refractivity contribution in [3.05, 3.63) is 140 Å². The third-order valence-electron chi connectivity index (χ3n) is 12.6. The minimum absolute atomic E-state index is 0.160. The third kappa shape index (κ3) is 11.5. The van der Waals surface area contributed by atoms with Crippen LogP contribution in [0.2, 0.25) is 0 Å². The summed E-state index contributed by atoms with van der Waals surface area (Å²) in [7, 11) is 0. The van der Waals surface area contributed by atoms with Crippen molar-refractivity contribution in [2.45, 2.75) is 84.0 Å². The van der Waals surface area contributed by atoms with Gasteiger partial charge in [-0.2, -0.15) is 0 Å². The molecule has 2 fully saturated rings. The molecule has 1 aromatic heterocycles. The number of imide groups is 1. The second-order valence-electron chi connectivity index (χ2n) is 17.2. The van der Waals surface area contributed by atoms with Crippen molar-refractivity contribution in [1.82, 2.24) is 30.7 Å². The number of allylic oxidation sites excluding steroid dienone is 2. The molecule has 8 rings (SSSR count). The summed E-state index contributed by atoms with van der Waals surface area (Å²) in [5, 5.41) is 29.6. The second kappa shape index (κ2) is 21.8. The number of aliphatic hydroxyl groups is 1. The summed E-state index contributed by atoms with van der Waals surface area (Å²) < 4.78 is 6.11. The molecule has 14 heteroatoms. The van der Waals surface area contributed by atoms with Crippen LogP contribution in [0.15, 0.2) is 107 Å². The highest BCUT2D eigenvalue weighted by Crippen LogP contribution is 2.35. The molecule has 1 atom stereocenters. The van der Waals surface area contributed by atoms with Gasteiger partial charge in [0.05, 0.1) is 17.9 Å². The number of unbranched alkanes of at least 4 members (excludes halogenated alkanes) is 4. The van der Waals surface area contributed by atoms with Crippen molar-refractivity contribution in [3.63, 3.8) is 0 Å². The van der Waals surface area contributed by atoms with Gasteiger partial charge in [0, 0.05) is 91.0 Å². The molecule has 5 N–H and O–H groups in total. The first kappa shape index (κ1) is 45.6. The van der Waals surface area contributed by atoms with Crippen molar-refractivity contribution in [1.29, 1.82) is 5.41 Å². The van der Waals surface area contributed by atoms with Gasteiger partial charge in [0.25, 0.3) is 5.91 Å². The molecule has 2 saturated heterocycles. The molecule has 1 unspecified atom stereocenters. The van der Waals surface area contributed by atoms with Crippen molar-refractivity contribution in [2.24, 2.45) is 4.99 Å². The number of hydrogen-bond acceptors (Lipinski definition) is 12. The van der Waals surface area contributed by atoms with Crippen LogP contribution in [0.4, 0.5) is 0 Å². The Labute approximate surface area is 385 Å². The van der Waals surface area contributed by atoms with Crippen molar-refractivity contribution in [3.8, 4) is 5.75 Å². The highest BCUT2D eigenvalue weighted by molar-refractivity contribution is 7.10. The zero-order valence-corrected chi connectivity index (χ0v) is 38.1. The molecule has 4 aliphatic heterocycles. The Morgan fingerprint density at radius 3 is 2.48 bits per heavy atom. The predicted molar refractivity (Wildman–Crippen MR) is 256 cm³/mol. The molecule has 3 aromatic carbocycles. The van der Waals surface area contributed by atoms with Crippen LogP contribution in [-0.2, 0) is 35.7 Å². The van der Waals surface area contributed by atoms with E-state index in [0.717, 1.165) is 103 Å². The van der Waals surface area contributed by atoms with E-state index >= 15 is 0 Å². The first-order valence-electron chi connectivity index (χ1n) is 23.0. The molecule has 4 aromatic rings. The largest absolute Gasteiger partial charge is 0.488 e. The minimum atomic E-state index is -0.619. The topological polar surface area (TPSA) is 163 Å². The van der Waals surface area contributed by atoms with Crippen LogP contribution in [0.25, 0.3) is 5.57 Å². The SMILES string of the molecule is CC(=N)/C(=C1/N=C(c2cccc(CCCCCCCNCc3ccc(OCc4scc5c4CN(C4CCC(=O)NC4=O)C5=O)cc3)c2)C=C(N2CCN(CCO)CC2)N1)c1ccccc1. The Bertz CT molecular complexity index is 2440. The maximum Gasteiger partial charge on any atom is 0.256 e. The van der Waals surface area contributed by atoms with Crippen LogP contribution in [0.5, 0.6) is 5.75 Å². The number of thiophene rings is 1.